The maximum absolute atomic E-state index is 11.4. The zero-order valence-corrected chi connectivity index (χ0v) is 81.9. The molecule has 0 saturated carbocycles. The summed E-state index contributed by atoms with van der Waals surface area (Å²) in [4.78, 5) is 113. The number of hydrogen-bond acceptors (Lipinski definition) is 30. The number of para-hydroxylation sites is 4. The van der Waals surface area contributed by atoms with Crippen molar-refractivity contribution in [2.75, 3.05) is 275 Å². The molecule has 0 bridgehead atoms. The number of rotatable bonds is 39. The molecule has 13 N–H and O–H groups in total. The lowest BCUT2D eigenvalue weighted by Gasteiger charge is -2.39. The number of nitrogens with zero attached hydrogens (tertiary/aromatic N) is 17. The van der Waals surface area contributed by atoms with Gasteiger partial charge < -0.3 is 81.5 Å². The Morgan fingerprint density at radius 3 is 0.911 bits per heavy atom. The highest BCUT2D eigenvalue weighted by Gasteiger charge is 2.35. The second kappa shape index (κ2) is 65.7. The largest absolute Gasteiger partial charge is 0.508 e. The number of aliphatic imine (C=N–C) groups is 4. The van der Waals surface area contributed by atoms with Crippen LogP contribution < -0.4 is 10.6 Å². The number of phenols is 5. The predicted octanol–water partition coefficient (Wildman–Crippen LogP) is 6.33. The van der Waals surface area contributed by atoms with Gasteiger partial charge in [0.25, 0.3) is 0 Å². The van der Waals surface area contributed by atoms with Crippen LogP contribution in [0.3, 0.4) is 0 Å². The van der Waals surface area contributed by atoms with Gasteiger partial charge in [0.05, 0.1) is 71.6 Å². The molecule has 5 aromatic rings. The Hall–Kier alpha value is -10.0. The fraction of sp³-hybridized carbons (Fsp3) is 0.596. The standard InChI is InChI=1S/C30H36N4O3.C20H26N4O2.C19H36N4O6.C17H34N4O4.C13H27N3O2/c1-22(2)23-11-12-26(29(37)19-23)30-33(15-13-31-20-24-7-3-5-9-27(24)35)17-18-34(30)16-14-32-21-25-8-4-6-10-28(25)36;25-19-7-3-1-5-17(19)15-23-13-11-21-9-10-22-12-14-24-16-18-6-2-4-8-20(18)26;1-4-20-5-7-21(12-17(24)25)9-10-23(14-19(28)29)16(15(2)3)11-22(8-6-20)13-18(26)27;1-4-18-5-7-19(13-16(22)23)9-11-21(15(2)3)12-10-20(8-6-18)14-17(24)25;1-4-14-5-6-15(11-13(17)18)8-10-16(9-7-14)12(2)3/h3-12,19-22,30,35-37H,13-18H2,1-2H3;1-8,15-16,21-22,25-26H,9-14H2;15-16H,4-14H2,1-3H3,(H,24,25)(H,26,27)(H,28,29);15H,4-14H2,1-3H3,(H,22,23)(H,24,25);12H,4-11H2,1-3H3,(H,17,18). The van der Waals surface area contributed by atoms with Crippen LogP contribution in [0, 0.1) is 5.92 Å². The molecule has 0 radical (unpaired) electrons. The summed E-state index contributed by atoms with van der Waals surface area (Å²) in [6.07, 6.45) is 6.72. The number of aliphatic carboxylic acids is 6. The van der Waals surface area contributed by atoms with Crippen molar-refractivity contribution in [3.63, 3.8) is 0 Å². The van der Waals surface area contributed by atoms with E-state index in [2.05, 4.69) is 126 Å². The maximum atomic E-state index is 11.4. The number of benzene rings is 5. The van der Waals surface area contributed by atoms with E-state index >= 15 is 0 Å². The van der Waals surface area contributed by atoms with Crippen molar-refractivity contribution in [2.24, 2.45) is 25.9 Å². The number of phenolic OH excluding ortho intramolecular Hbond substituents is 5. The van der Waals surface area contributed by atoms with Crippen LogP contribution in [-0.2, 0) is 28.8 Å². The Morgan fingerprint density at radius 2 is 0.615 bits per heavy atom. The number of nitrogens with one attached hydrogen (secondary N) is 2. The lowest BCUT2D eigenvalue weighted by molar-refractivity contribution is -0.141. The smallest absolute Gasteiger partial charge is 0.317 e. The molecule has 4 heterocycles. The Balaban J connectivity index is 0.000000304. The topological polar surface area (TPSA) is 441 Å². The lowest BCUT2D eigenvalue weighted by Crippen LogP contribution is -2.54. The molecule has 4 aliphatic rings. The molecule has 0 spiro atoms. The van der Waals surface area contributed by atoms with Gasteiger partial charge in [0.15, 0.2) is 0 Å². The molecule has 0 amide bonds. The fourth-order valence-electron chi connectivity index (χ4n) is 16.0. The zero-order valence-electron chi connectivity index (χ0n) is 81.9. The van der Waals surface area contributed by atoms with Crippen LogP contribution in [-0.4, -0.2) is 474 Å². The predicted molar refractivity (Wildman–Crippen MR) is 534 cm³/mol. The molecular formula is C99H159N19O17. The molecule has 36 heteroatoms. The summed E-state index contributed by atoms with van der Waals surface area (Å²) >= 11 is 0. The highest BCUT2D eigenvalue weighted by atomic mass is 16.4. The van der Waals surface area contributed by atoms with Crippen LogP contribution in [0.15, 0.2) is 135 Å². The molecule has 5 aromatic carbocycles. The van der Waals surface area contributed by atoms with Crippen LogP contribution in [0.25, 0.3) is 0 Å². The fourth-order valence-corrected chi connectivity index (χ4v) is 16.0. The van der Waals surface area contributed by atoms with Crippen molar-refractivity contribution in [2.45, 2.75) is 106 Å². The number of carbonyl (C=O) groups is 6. The highest BCUT2D eigenvalue weighted by Crippen LogP contribution is 2.37. The molecule has 9 rings (SSSR count). The summed E-state index contributed by atoms with van der Waals surface area (Å²) < 4.78 is 0. The molecule has 752 valence electrons. The van der Waals surface area contributed by atoms with Gasteiger partial charge in [0, 0.05) is 261 Å². The Labute approximate surface area is 800 Å². The highest BCUT2D eigenvalue weighted by molar-refractivity contribution is 5.85. The van der Waals surface area contributed by atoms with Crippen molar-refractivity contribution in [1.29, 1.82) is 0 Å². The van der Waals surface area contributed by atoms with E-state index in [1.54, 1.807) is 73.4 Å². The van der Waals surface area contributed by atoms with Gasteiger partial charge in [-0.2, -0.15) is 0 Å². The summed E-state index contributed by atoms with van der Waals surface area (Å²) in [5, 5.41) is 112. The van der Waals surface area contributed by atoms with Gasteiger partial charge in [0.2, 0.25) is 0 Å². The van der Waals surface area contributed by atoms with Crippen molar-refractivity contribution >= 4 is 60.7 Å². The quantitative estimate of drug-likeness (QED) is 0.0151. The number of carboxylic acids is 6. The maximum Gasteiger partial charge on any atom is 0.317 e. The number of carboxylic acid groups (broad SMARTS) is 6. The van der Waals surface area contributed by atoms with E-state index in [0.717, 1.165) is 160 Å². The van der Waals surface area contributed by atoms with E-state index in [1.807, 2.05) is 111 Å². The summed E-state index contributed by atoms with van der Waals surface area (Å²) in [5.41, 5.74) is 4.86. The van der Waals surface area contributed by atoms with Gasteiger partial charge >= 0.3 is 35.8 Å². The molecule has 4 saturated heterocycles. The first kappa shape index (κ1) is 115. The minimum Gasteiger partial charge on any atom is -0.508 e. The first-order valence-electron chi connectivity index (χ1n) is 47.8. The first-order valence-corrected chi connectivity index (χ1v) is 47.8. The average molecular weight is 1890 g/mol. The average Bonchev–Trinajstić information content (AvgIpc) is 1.66. The first-order chi connectivity index (χ1) is 64.7. The second-order valence-corrected chi connectivity index (χ2v) is 35.3. The number of aromatic hydroxyl groups is 5. The normalized spacial score (nSPS) is 18.4. The van der Waals surface area contributed by atoms with Crippen molar-refractivity contribution in [3.05, 3.63) is 149 Å². The molecule has 135 heavy (non-hydrogen) atoms. The van der Waals surface area contributed by atoms with E-state index in [-0.39, 0.29) is 80.4 Å². The third-order valence-electron chi connectivity index (χ3n) is 24.2. The summed E-state index contributed by atoms with van der Waals surface area (Å²) in [6.45, 7) is 50.3. The second-order valence-electron chi connectivity index (χ2n) is 35.3. The van der Waals surface area contributed by atoms with Gasteiger partial charge in [0.1, 0.15) is 28.7 Å². The van der Waals surface area contributed by atoms with Crippen LogP contribution in [0.2, 0.25) is 0 Å². The van der Waals surface area contributed by atoms with Crippen LogP contribution in [0.1, 0.15) is 122 Å². The van der Waals surface area contributed by atoms with Crippen LogP contribution in [0.5, 0.6) is 28.7 Å². The molecule has 1 unspecified atom stereocenters. The van der Waals surface area contributed by atoms with E-state index in [1.165, 1.54) is 0 Å². The molecule has 0 aliphatic carbocycles. The monoisotopic (exact) mass is 1890 g/mol. The minimum absolute atomic E-state index is 0.0641. The number of hydrogen-bond donors (Lipinski definition) is 13. The lowest BCUT2D eigenvalue weighted by atomic mass is 9.99. The molecule has 4 aliphatic heterocycles. The summed E-state index contributed by atoms with van der Waals surface area (Å²) in [6, 6.07) is 35.3. The summed E-state index contributed by atoms with van der Waals surface area (Å²) in [5.74, 6) is -3.38. The van der Waals surface area contributed by atoms with Gasteiger partial charge in [-0.1, -0.05) is 109 Å². The van der Waals surface area contributed by atoms with Crippen LogP contribution in [0.4, 0.5) is 0 Å². The SMILES string of the molecule is CC(C)c1ccc(C2N(CCN=Cc3ccccc3O)CCN2CCN=Cc2ccccc2O)c(O)c1.CCN1CCN(CC(=O)O)CCN(C(C)C)CC1.CCN1CCN(CC(=O)O)CCN(C(C)C)CCN(CC(=O)O)CC1.CCN1CCN(CC(=O)O)CCN(CC(=O)O)C(C(C)C)CN(CC(=O)O)CC1.Oc1ccccc1C=NCCNCCNCCN=Cc1ccccc1O. The third kappa shape index (κ3) is 47.6. The van der Waals surface area contributed by atoms with E-state index < -0.39 is 35.8 Å². The van der Waals surface area contributed by atoms with Gasteiger partial charge in [-0.05, 0) is 119 Å². The Morgan fingerprint density at radius 1 is 0.333 bits per heavy atom. The Kier molecular flexibility index (Phi) is 56.2. The van der Waals surface area contributed by atoms with Crippen LogP contribution >= 0.6 is 0 Å². The molecule has 36 nitrogen and oxygen atoms in total. The van der Waals surface area contributed by atoms with Crippen molar-refractivity contribution < 1.29 is 84.9 Å². The van der Waals surface area contributed by atoms with Gasteiger partial charge in [-0.25, -0.2) is 0 Å². The van der Waals surface area contributed by atoms with Crippen molar-refractivity contribution in [1.82, 2.24) is 74.3 Å². The third-order valence-corrected chi connectivity index (χ3v) is 24.2. The molecule has 4 fully saturated rings. The van der Waals surface area contributed by atoms with E-state index in [4.69, 9.17) is 15.3 Å². The van der Waals surface area contributed by atoms with E-state index in [9.17, 15) is 69.6 Å². The molecule has 1 atom stereocenters. The zero-order chi connectivity index (χ0) is 99.0. The number of likely N-dealkylation sites (N-methyl/N-ethyl adjacent to an activating group) is 3. The summed E-state index contributed by atoms with van der Waals surface area (Å²) in [7, 11) is 0. The van der Waals surface area contributed by atoms with Gasteiger partial charge in [-0.3, -0.25) is 97.7 Å². The van der Waals surface area contributed by atoms with Crippen molar-refractivity contribution in [3.8, 4) is 28.7 Å². The molecular weight excluding hydrogens is 1730 g/mol. The molecule has 0 aromatic heterocycles. The van der Waals surface area contributed by atoms with Gasteiger partial charge in [-0.15, -0.1) is 0 Å². The minimum atomic E-state index is -0.950. The Bertz CT molecular complexity index is 4200. The van der Waals surface area contributed by atoms with E-state index in [0.29, 0.717) is 133 Å².